The van der Waals surface area contributed by atoms with E-state index in [0.717, 1.165) is 19.4 Å². The van der Waals surface area contributed by atoms with Crippen molar-refractivity contribution in [3.63, 3.8) is 0 Å². The summed E-state index contributed by atoms with van der Waals surface area (Å²) in [6, 6.07) is 0.178. The van der Waals surface area contributed by atoms with Gasteiger partial charge < -0.3 is 15.4 Å². The van der Waals surface area contributed by atoms with Gasteiger partial charge in [-0.05, 0) is 33.6 Å². The summed E-state index contributed by atoms with van der Waals surface area (Å²) in [5.41, 5.74) is -0.0901. The minimum atomic E-state index is -0.172. The van der Waals surface area contributed by atoms with E-state index < -0.39 is 0 Å². The van der Waals surface area contributed by atoms with E-state index in [-0.39, 0.29) is 17.6 Å². The summed E-state index contributed by atoms with van der Waals surface area (Å²) in [4.78, 5) is 11.7. The van der Waals surface area contributed by atoms with Crippen molar-refractivity contribution in [1.29, 1.82) is 0 Å². The molecule has 0 aromatic rings. The molecule has 1 heterocycles. The topological polar surface area (TPSA) is 50.4 Å². The van der Waals surface area contributed by atoms with Gasteiger partial charge in [0.25, 0.3) is 0 Å². The predicted octanol–water partition coefficient (Wildman–Crippen LogP) is 1.22. The maximum atomic E-state index is 11.7. The minimum absolute atomic E-state index is 0.0224. The Bertz CT molecular complexity index is 277. The predicted molar refractivity (Wildman–Crippen MR) is 68.9 cm³/mol. The zero-order valence-corrected chi connectivity index (χ0v) is 11.1. The Kier molecular flexibility index (Phi) is 5.15. The van der Waals surface area contributed by atoms with Gasteiger partial charge in [-0.3, -0.25) is 4.79 Å². The molecule has 0 aliphatic carbocycles. The van der Waals surface area contributed by atoms with Gasteiger partial charge in [-0.1, -0.05) is 6.08 Å². The molecule has 0 aromatic heterocycles. The van der Waals surface area contributed by atoms with Crippen molar-refractivity contribution < 1.29 is 9.53 Å². The third kappa shape index (κ3) is 4.88. The smallest absolute Gasteiger partial charge is 0.237 e. The van der Waals surface area contributed by atoms with E-state index in [1.807, 2.05) is 6.92 Å². The fourth-order valence-electron chi connectivity index (χ4n) is 2.13. The second-order valence-electron chi connectivity index (χ2n) is 5.22. The van der Waals surface area contributed by atoms with Gasteiger partial charge >= 0.3 is 0 Å². The van der Waals surface area contributed by atoms with Crippen molar-refractivity contribution in [3.8, 4) is 0 Å². The van der Waals surface area contributed by atoms with Crippen molar-refractivity contribution in [2.45, 2.75) is 51.3 Å². The lowest BCUT2D eigenvalue weighted by Crippen LogP contribution is -2.51. The van der Waals surface area contributed by atoms with Gasteiger partial charge in [0, 0.05) is 19.2 Å². The number of nitrogens with one attached hydrogen (secondary N) is 2. The average molecular weight is 240 g/mol. The fraction of sp³-hybridized carbons (Fsp3) is 0.769. The maximum Gasteiger partial charge on any atom is 0.237 e. The SMILES string of the molecule is C=CCNC(=O)C(C)NC1CCOC(C)(C)C1. The Labute approximate surface area is 104 Å². The molecule has 17 heavy (non-hydrogen) atoms. The second-order valence-corrected chi connectivity index (χ2v) is 5.22. The summed E-state index contributed by atoms with van der Waals surface area (Å²) < 4.78 is 5.65. The standard InChI is InChI=1S/C13H24N2O2/c1-5-7-14-12(16)10(2)15-11-6-8-17-13(3,4)9-11/h5,10-11,15H,1,6-9H2,2-4H3,(H,14,16). The lowest BCUT2D eigenvalue weighted by Gasteiger charge is -2.37. The van der Waals surface area contributed by atoms with Crippen LogP contribution in [0.3, 0.4) is 0 Å². The lowest BCUT2D eigenvalue weighted by molar-refractivity contribution is -0.123. The molecule has 1 saturated heterocycles. The summed E-state index contributed by atoms with van der Waals surface area (Å²) >= 11 is 0. The zero-order chi connectivity index (χ0) is 12.9. The van der Waals surface area contributed by atoms with Crippen LogP contribution in [0.2, 0.25) is 0 Å². The van der Waals surface area contributed by atoms with Gasteiger partial charge in [0.1, 0.15) is 0 Å². The zero-order valence-electron chi connectivity index (χ0n) is 11.1. The van der Waals surface area contributed by atoms with Crippen LogP contribution < -0.4 is 10.6 Å². The van der Waals surface area contributed by atoms with Crippen LogP contribution in [0, 0.1) is 0 Å². The van der Waals surface area contributed by atoms with Crippen molar-refractivity contribution in [2.24, 2.45) is 0 Å². The van der Waals surface area contributed by atoms with Crippen LogP contribution in [0.15, 0.2) is 12.7 Å². The molecule has 0 spiro atoms. The van der Waals surface area contributed by atoms with Crippen LogP contribution in [0.4, 0.5) is 0 Å². The van der Waals surface area contributed by atoms with Gasteiger partial charge in [-0.25, -0.2) is 0 Å². The first kappa shape index (κ1) is 14.2. The Morgan fingerprint density at radius 2 is 2.35 bits per heavy atom. The molecule has 2 N–H and O–H groups in total. The molecule has 0 aromatic carbocycles. The third-order valence-corrected chi connectivity index (χ3v) is 3.00. The van der Waals surface area contributed by atoms with Crippen LogP contribution in [0.25, 0.3) is 0 Å². The summed E-state index contributed by atoms with van der Waals surface area (Å²) in [6.45, 7) is 10.9. The molecule has 98 valence electrons. The maximum absolute atomic E-state index is 11.7. The first-order valence-electron chi connectivity index (χ1n) is 6.23. The molecule has 1 fully saturated rings. The number of carbonyl (C=O) groups excluding carboxylic acids is 1. The van der Waals surface area contributed by atoms with Gasteiger partial charge in [-0.15, -0.1) is 6.58 Å². The first-order chi connectivity index (χ1) is 7.94. The average Bonchev–Trinajstić information content (AvgIpc) is 2.24. The number of amides is 1. The summed E-state index contributed by atoms with van der Waals surface area (Å²) in [7, 11) is 0. The quantitative estimate of drug-likeness (QED) is 0.711. The molecular formula is C13H24N2O2. The van der Waals surface area contributed by atoms with E-state index in [9.17, 15) is 4.79 Å². The Balaban J connectivity index is 2.37. The molecular weight excluding hydrogens is 216 g/mol. The first-order valence-corrected chi connectivity index (χ1v) is 6.23. The van der Waals surface area contributed by atoms with Crippen LogP contribution in [-0.2, 0) is 9.53 Å². The van der Waals surface area contributed by atoms with E-state index in [0.29, 0.717) is 12.6 Å². The Morgan fingerprint density at radius 1 is 1.65 bits per heavy atom. The van der Waals surface area contributed by atoms with Gasteiger partial charge in [0.05, 0.1) is 11.6 Å². The summed E-state index contributed by atoms with van der Waals surface area (Å²) in [6.07, 6.45) is 3.58. The van der Waals surface area contributed by atoms with Crippen molar-refractivity contribution >= 4 is 5.91 Å². The highest BCUT2D eigenvalue weighted by molar-refractivity contribution is 5.81. The van der Waals surface area contributed by atoms with E-state index in [2.05, 4.69) is 31.1 Å². The molecule has 1 aliphatic heterocycles. The van der Waals surface area contributed by atoms with E-state index in [1.165, 1.54) is 0 Å². The molecule has 4 heteroatoms. The molecule has 1 aliphatic rings. The largest absolute Gasteiger partial charge is 0.375 e. The monoisotopic (exact) mass is 240 g/mol. The van der Waals surface area contributed by atoms with E-state index in [4.69, 9.17) is 4.74 Å². The summed E-state index contributed by atoms with van der Waals surface area (Å²) in [5.74, 6) is 0.0224. The van der Waals surface area contributed by atoms with E-state index >= 15 is 0 Å². The number of ether oxygens (including phenoxy) is 1. The highest BCUT2D eigenvalue weighted by Gasteiger charge is 2.30. The molecule has 2 atom stereocenters. The second kappa shape index (κ2) is 6.17. The Morgan fingerprint density at radius 3 is 2.94 bits per heavy atom. The minimum Gasteiger partial charge on any atom is -0.375 e. The number of hydrogen-bond donors (Lipinski definition) is 2. The van der Waals surface area contributed by atoms with Crippen LogP contribution >= 0.6 is 0 Å². The molecule has 1 amide bonds. The van der Waals surface area contributed by atoms with Gasteiger partial charge in [0.15, 0.2) is 0 Å². The van der Waals surface area contributed by atoms with Crippen LogP contribution in [0.1, 0.15) is 33.6 Å². The highest BCUT2D eigenvalue weighted by atomic mass is 16.5. The lowest BCUT2D eigenvalue weighted by atomic mass is 9.93. The summed E-state index contributed by atoms with van der Waals surface area (Å²) in [5, 5.41) is 6.15. The highest BCUT2D eigenvalue weighted by Crippen LogP contribution is 2.24. The van der Waals surface area contributed by atoms with Crippen molar-refractivity contribution in [3.05, 3.63) is 12.7 Å². The molecule has 4 nitrogen and oxygen atoms in total. The third-order valence-electron chi connectivity index (χ3n) is 3.00. The van der Waals surface area contributed by atoms with Gasteiger partial charge in [0.2, 0.25) is 5.91 Å². The Hall–Kier alpha value is -0.870. The molecule has 2 unspecified atom stereocenters. The number of rotatable bonds is 5. The fourth-order valence-corrected chi connectivity index (χ4v) is 2.13. The molecule has 0 radical (unpaired) electrons. The molecule has 0 bridgehead atoms. The van der Waals surface area contributed by atoms with Crippen LogP contribution in [0.5, 0.6) is 0 Å². The van der Waals surface area contributed by atoms with Gasteiger partial charge in [-0.2, -0.15) is 0 Å². The normalized spacial score (nSPS) is 25.0. The molecule has 1 rings (SSSR count). The number of hydrogen-bond acceptors (Lipinski definition) is 3. The van der Waals surface area contributed by atoms with Crippen LogP contribution in [-0.4, -0.2) is 36.7 Å². The van der Waals surface area contributed by atoms with Crippen molar-refractivity contribution in [1.82, 2.24) is 10.6 Å². The molecule has 0 saturated carbocycles. The number of carbonyl (C=O) groups is 1. The van der Waals surface area contributed by atoms with E-state index in [1.54, 1.807) is 6.08 Å². The van der Waals surface area contributed by atoms with Crippen molar-refractivity contribution in [2.75, 3.05) is 13.2 Å².